The van der Waals surface area contributed by atoms with E-state index in [4.69, 9.17) is 11.6 Å². The third kappa shape index (κ3) is 3.63. The van der Waals surface area contributed by atoms with Crippen molar-refractivity contribution >= 4 is 21.6 Å². The quantitative estimate of drug-likeness (QED) is 0.775. The molecule has 0 atom stereocenters. The molecule has 2 heterocycles. The first kappa shape index (κ1) is 16.8. The highest BCUT2D eigenvalue weighted by Gasteiger charge is 2.34. The third-order valence-corrected chi connectivity index (χ3v) is 6.15. The Morgan fingerprint density at radius 1 is 1.38 bits per heavy atom. The number of sulfonamides is 1. The van der Waals surface area contributed by atoms with Crippen LogP contribution in [-0.2, 0) is 22.4 Å². The lowest BCUT2D eigenvalue weighted by molar-refractivity contribution is 0.187. The van der Waals surface area contributed by atoms with E-state index in [2.05, 4.69) is 20.8 Å². The molecule has 6 heteroatoms. The van der Waals surface area contributed by atoms with Gasteiger partial charge in [0.15, 0.2) is 0 Å². The average Bonchev–Trinajstić information content (AvgIpc) is 2.82. The molecule has 1 aliphatic heterocycles. The molecule has 0 aromatic carbocycles. The Balaban J connectivity index is 2.31. The van der Waals surface area contributed by atoms with Crippen LogP contribution in [0, 0.1) is 5.41 Å². The fraction of sp³-hybridized carbons (Fsp3) is 0.733. The second-order valence-electron chi connectivity index (χ2n) is 6.60. The van der Waals surface area contributed by atoms with Crippen LogP contribution >= 0.6 is 11.6 Å². The van der Waals surface area contributed by atoms with Crippen LogP contribution in [0.4, 0.5) is 0 Å². The van der Waals surface area contributed by atoms with Crippen molar-refractivity contribution in [3.05, 3.63) is 18.0 Å². The molecule has 4 nitrogen and oxygen atoms in total. The van der Waals surface area contributed by atoms with Gasteiger partial charge in [-0.05, 0) is 30.7 Å². The van der Waals surface area contributed by atoms with Crippen LogP contribution in [0.3, 0.4) is 0 Å². The van der Waals surface area contributed by atoms with E-state index in [-0.39, 0.29) is 5.41 Å². The summed E-state index contributed by atoms with van der Waals surface area (Å²) < 4.78 is 29.2. The zero-order valence-electron chi connectivity index (χ0n) is 13.1. The van der Waals surface area contributed by atoms with Gasteiger partial charge >= 0.3 is 0 Å². The highest BCUT2D eigenvalue weighted by atomic mass is 35.5. The lowest BCUT2D eigenvalue weighted by atomic mass is 9.85. The van der Waals surface area contributed by atoms with Crippen molar-refractivity contribution in [2.45, 2.75) is 57.4 Å². The summed E-state index contributed by atoms with van der Waals surface area (Å²) in [6.45, 7) is 8.32. The molecule has 0 unspecified atom stereocenters. The molecule has 0 N–H and O–H groups in total. The largest absolute Gasteiger partial charge is 0.349 e. The van der Waals surface area contributed by atoms with Crippen molar-refractivity contribution in [1.29, 1.82) is 0 Å². The number of aromatic nitrogens is 1. The Hall–Kier alpha value is -0.520. The van der Waals surface area contributed by atoms with E-state index < -0.39 is 10.0 Å². The van der Waals surface area contributed by atoms with Gasteiger partial charge in [-0.1, -0.05) is 20.8 Å². The topological polar surface area (TPSA) is 42.3 Å². The van der Waals surface area contributed by atoms with E-state index in [1.807, 2.05) is 4.57 Å². The zero-order chi connectivity index (χ0) is 15.7. The fourth-order valence-corrected chi connectivity index (χ4v) is 4.91. The molecule has 1 aliphatic rings. The van der Waals surface area contributed by atoms with E-state index in [1.54, 1.807) is 16.6 Å². The van der Waals surface area contributed by atoms with Crippen LogP contribution in [0.1, 0.15) is 45.7 Å². The lowest BCUT2D eigenvalue weighted by Gasteiger charge is -2.36. The summed E-state index contributed by atoms with van der Waals surface area (Å²) in [7, 11) is -3.41. The minimum Gasteiger partial charge on any atom is -0.349 e. The van der Waals surface area contributed by atoms with Crippen molar-refractivity contribution in [1.82, 2.24) is 8.87 Å². The van der Waals surface area contributed by atoms with Crippen molar-refractivity contribution < 1.29 is 8.42 Å². The average molecular weight is 333 g/mol. The summed E-state index contributed by atoms with van der Waals surface area (Å²) in [6, 6.07) is 1.72. The molecule has 0 aliphatic carbocycles. The standard InChI is InChI=1S/C15H25ClN2O2S/c1-4-7-17-11-14(9-13(17)10-16)21(19,20)18-8-5-6-15(2,3)12-18/h9,11H,4-8,10,12H2,1-3H3. The molecule has 1 fully saturated rings. The number of alkyl halides is 1. The second kappa shape index (κ2) is 6.31. The van der Waals surface area contributed by atoms with Crippen LogP contribution in [0.5, 0.6) is 0 Å². The van der Waals surface area contributed by atoms with Crippen molar-refractivity contribution in [3.8, 4) is 0 Å². The smallest absolute Gasteiger partial charge is 0.244 e. The van der Waals surface area contributed by atoms with Crippen molar-refractivity contribution in [3.63, 3.8) is 0 Å². The number of hydrogen-bond donors (Lipinski definition) is 0. The zero-order valence-corrected chi connectivity index (χ0v) is 14.7. The molecular formula is C15H25ClN2O2S. The number of halogens is 1. The monoisotopic (exact) mass is 332 g/mol. The predicted octanol–water partition coefficient (Wildman–Crippen LogP) is 3.45. The summed E-state index contributed by atoms with van der Waals surface area (Å²) in [5.74, 6) is 0.334. The summed E-state index contributed by atoms with van der Waals surface area (Å²) in [5.41, 5.74) is 0.917. The van der Waals surface area contributed by atoms with E-state index >= 15 is 0 Å². The number of hydrogen-bond acceptors (Lipinski definition) is 2. The Labute approximate surface area is 133 Å². The number of rotatable bonds is 5. The first-order valence-corrected chi connectivity index (χ1v) is 9.53. The van der Waals surface area contributed by atoms with E-state index in [9.17, 15) is 8.42 Å². The predicted molar refractivity (Wildman–Crippen MR) is 86.1 cm³/mol. The van der Waals surface area contributed by atoms with E-state index in [0.717, 1.165) is 31.5 Å². The summed E-state index contributed by atoms with van der Waals surface area (Å²) >= 11 is 5.93. The van der Waals surface area contributed by atoms with Gasteiger partial charge in [0, 0.05) is 31.5 Å². The Kier molecular flexibility index (Phi) is 5.06. The van der Waals surface area contributed by atoms with Gasteiger partial charge < -0.3 is 4.57 Å². The lowest BCUT2D eigenvalue weighted by Crippen LogP contribution is -2.43. The summed E-state index contributed by atoms with van der Waals surface area (Å²) in [4.78, 5) is 0.379. The van der Waals surface area contributed by atoms with Crippen LogP contribution in [0.15, 0.2) is 17.2 Å². The molecule has 0 saturated carbocycles. The molecule has 1 aromatic heterocycles. The fourth-order valence-electron chi connectivity index (χ4n) is 2.95. The second-order valence-corrected chi connectivity index (χ2v) is 8.81. The third-order valence-electron chi connectivity index (χ3n) is 4.07. The highest BCUT2D eigenvalue weighted by Crippen LogP contribution is 2.32. The Morgan fingerprint density at radius 2 is 2.10 bits per heavy atom. The SMILES string of the molecule is CCCn1cc(S(=O)(=O)N2CCCC(C)(C)C2)cc1CCl. The van der Waals surface area contributed by atoms with E-state index in [0.29, 0.717) is 23.9 Å². The van der Waals surface area contributed by atoms with Gasteiger partial charge in [0.05, 0.1) is 5.88 Å². The van der Waals surface area contributed by atoms with Gasteiger partial charge in [-0.2, -0.15) is 4.31 Å². The minimum absolute atomic E-state index is 0.0482. The van der Waals surface area contributed by atoms with Gasteiger partial charge in [0.2, 0.25) is 10.0 Å². The number of piperidine rings is 1. The first-order valence-electron chi connectivity index (χ1n) is 7.55. The van der Waals surface area contributed by atoms with Gasteiger partial charge in [-0.15, -0.1) is 11.6 Å². The molecule has 2 rings (SSSR count). The van der Waals surface area contributed by atoms with Gasteiger partial charge in [0.25, 0.3) is 0 Å². The normalized spacial score (nSPS) is 19.8. The maximum atomic E-state index is 12.8. The highest BCUT2D eigenvalue weighted by molar-refractivity contribution is 7.89. The maximum absolute atomic E-state index is 12.8. The molecule has 0 bridgehead atoms. The molecule has 0 spiro atoms. The Morgan fingerprint density at radius 3 is 2.67 bits per heavy atom. The van der Waals surface area contributed by atoms with Crippen LogP contribution in [0.25, 0.3) is 0 Å². The first-order chi connectivity index (χ1) is 9.80. The minimum atomic E-state index is -3.41. The number of aryl methyl sites for hydroxylation is 1. The van der Waals surface area contributed by atoms with Gasteiger partial charge in [0.1, 0.15) is 4.90 Å². The molecule has 0 amide bonds. The summed E-state index contributed by atoms with van der Waals surface area (Å²) in [6.07, 6.45) is 4.68. The summed E-state index contributed by atoms with van der Waals surface area (Å²) in [5, 5.41) is 0. The molecule has 0 radical (unpaired) electrons. The maximum Gasteiger partial charge on any atom is 0.244 e. The number of nitrogens with zero attached hydrogens (tertiary/aromatic N) is 2. The molecule has 1 saturated heterocycles. The van der Waals surface area contributed by atoms with Crippen molar-refractivity contribution in [2.75, 3.05) is 13.1 Å². The molecule has 1 aromatic rings. The molecule has 120 valence electrons. The van der Waals surface area contributed by atoms with E-state index in [1.165, 1.54) is 0 Å². The Bertz CT molecular complexity index is 593. The van der Waals surface area contributed by atoms with Crippen molar-refractivity contribution in [2.24, 2.45) is 5.41 Å². The van der Waals surface area contributed by atoms with Gasteiger partial charge in [-0.3, -0.25) is 0 Å². The molecule has 21 heavy (non-hydrogen) atoms. The van der Waals surface area contributed by atoms with Crippen LogP contribution in [0.2, 0.25) is 0 Å². The van der Waals surface area contributed by atoms with Crippen LogP contribution < -0.4 is 0 Å². The van der Waals surface area contributed by atoms with Crippen LogP contribution in [-0.4, -0.2) is 30.4 Å². The van der Waals surface area contributed by atoms with Gasteiger partial charge in [-0.25, -0.2) is 8.42 Å². The molecular weight excluding hydrogens is 308 g/mol.